The van der Waals surface area contributed by atoms with Gasteiger partial charge in [0.15, 0.2) is 4.34 Å². The molecule has 2 aromatic heterocycles. The van der Waals surface area contributed by atoms with Gasteiger partial charge >= 0.3 is 0 Å². The maximum absolute atomic E-state index is 12.6. The first-order valence-electron chi connectivity index (χ1n) is 8.00. The maximum atomic E-state index is 12.6. The Kier molecular flexibility index (Phi) is 5.01. The van der Waals surface area contributed by atoms with Crippen molar-refractivity contribution in [2.75, 3.05) is 5.32 Å². The zero-order chi connectivity index (χ0) is 17.9. The fourth-order valence-corrected chi connectivity index (χ4v) is 5.39. The molecule has 0 aliphatic rings. The van der Waals surface area contributed by atoms with Crippen molar-refractivity contribution in [2.45, 2.75) is 17.0 Å². The van der Waals surface area contributed by atoms with Gasteiger partial charge in [0.25, 0.3) is 5.91 Å². The van der Waals surface area contributed by atoms with Gasteiger partial charge in [0.05, 0.1) is 4.88 Å². The molecule has 0 unspecified atom stereocenters. The third kappa shape index (κ3) is 3.65. The quantitative estimate of drug-likeness (QED) is 0.351. The van der Waals surface area contributed by atoms with Gasteiger partial charge in [-0.25, -0.2) is 0 Å². The number of rotatable bonds is 5. The monoisotopic (exact) mass is 397 g/mol. The molecule has 0 saturated carbocycles. The fourth-order valence-electron chi connectivity index (χ4n) is 2.58. The summed E-state index contributed by atoms with van der Waals surface area (Å²) in [5, 5.41) is 12.8. The van der Waals surface area contributed by atoms with Crippen LogP contribution in [0, 0.1) is 6.92 Å². The third-order valence-electron chi connectivity index (χ3n) is 3.88. The normalized spacial score (nSPS) is 11.0. The number of thiophene rings is 1. The molecule has 2 aromatic carbocycles. The molecule has 4 nitrogen and oxygen atoms in total. The topological polar surface area (TPSA) is 54.9 Å². The minimum Gasteiger partial charge on any atom is -0.296 e. The molecule has 4 rings (SSSR count). The van der Waals surface area contributed by atoms with E-state index in [-0.39, 0.29) is 5.91 Å². The average Bonchev–Trinajstić information content (AvgIpc) is 3.25. The van der Waals surface area contributed by atoms with E-state index in [1.165, 1.54) is 28.2 Å². The van der Waals surface area contributed by atoms with Gasteiger partial charge in [0.2, 0.25) is 5.13 Å². The summed E-state index contributed by atoms with van der Waals surface area (Å²) in [6.07, 6.45) is 0. The molecule has 0 spiro atoms. The summed E-state index contributed by atoms with van der Waals surface area (Å²) in [5.41, 5.74) is 2.24. The van der Waals surface area contributed by atoms with Crippen LogP contribution in [-0.2, 0) is 5.75 Å². The van der Waals surface area contributed by atoms with Crippen LogP contribution in [-0.4, -0.2) is 16.1 Å². The standard InChI is InChI=1S/C19H15N3OS3/c1-12-14-9-5-6-10-15(14)25-16(12)17(23)20-18-21-22-19(26-18)24-11-13-7-3-2-4-8-13/h2-10H,11H2,1H3,(H,20,21,23). The Labute approximate surface area is 163 Å². The lowest BCUT2D eigenvalue weighted by Crippen LogP contribution is -2.11. The number of fused-ring (bicyclic) bond motifs is 1. The molecule has 4 aromatic rings. The van der Waals surface area contributed by atoms with E-state index in [4.69, 9.17) is 0 Å². The Morgan fingerprint density at radius 2 is 1.81 bits per heavy atom. The Hall–Kier alpha value is -2.22. The molecule has 7 heteroatoms. The predicted octanol–water partition coefficient (Wildman–Crippen LogP) is 5.61. The third-order valence-corrected chi connectivity index (χ3v) is 7.20. The first-order chi connectivity index (χ1) is 12.7. The number of aromatic nitrogens is 2. The highest BCUT2D eigenvalue weighted by Crippen LogP contribution is 2.32. The number of benzene rings is 2. The smallest absolute Gasteiger partial charge is 0.267 e. The molecule has 26 heavy (non-hydrogen) atoms. The van der Waals surface area contributed by atoms with E-state index in [0.717, 1.165) is 30.6 Å². The molecule has 0 saturated heterocycles. The van der Waals surface area contributed by atoms with Crippen molar-refractivity contribution < 1.29 is 4.79 Å². The molecule has 130 valence electrons. The van der Waals surface area contributed by atoms with E-state index >= 15 is 0 Å². The summed E-state index contributed by atoms with van der Waals surface area (Å²) in [5.74, 6) is 0.707. The largest absolute Gasteiger partial charge is 0.296 e. The number of carbonyl (C=O) groups excluding carboxylic acids is 1. The summed E-state index contributed by atoms with van der Waals surface area (Å²) in [4.78, 5) is 13.3. The molecule has 0 aliphatic heterocycles. The van der Waals surface area contributed by atoms with E-state index in [1.807, 2.05) is 49.4 Å². The average molecular weight is 398 g/mol. The predicted molar refractivity (Wildman–Crippen MR) is 110 cm³/mol. The van der Waals surface area contributed by atoms with Crippen LogP contribution in [0.3, 0.4) is 0 Å². The Balaban J connectivity index is 1.44. The summed E-state index contributed by atoms with van der Waals surface area (Å²) >= 11 is 4.53. The SMILES string of the molecule is Cc1c(C(=O)Nc2nnc(SCc3ccccc3)s2)sc2ccccc12. The summed E-state index contributed by atoms with van der Waals surface area (Å²) < 4.78 is 1.96. The number of carbonyl (C=O) groups is 1. The summed E-state index contributed by atoms with van der Waals surface area (Å²) in [7, 11) is 0. The van der Waals surface area contributed by atoms with E-state index in [1.54, 1.807) is 11.8 Å². The van der Waals surface area contributed by atoms with Crippen LogP contribution in [0.2, 0.25) is 0 Å². The van der Waals surface area contributed by atoms with E-state index in [9.17, 15) is 4.79 Å². The minimum absolute atomic E-state index is 0.126. The van der Waals surface area contributed by atoms with Gasteiger partial charge in [-0.1, -0.05) is 71.6 Å². The zero-order valence-electron chi connectivity index (χ0n) is 13.9. The number of aryl methyl sites for hydroxylation is 1. The lowest BCUT2D eigenvalue weighted by molar-refractivity contribution is 0.103. The van der Waals surface area contributed by atoms with Crippen LogP contribution in [0.25, 0.3) is 10.1 Å². The Bertz CT molecular complexity index is 1060. The molecule has 0 radical (unpaired) electrons. The van der Waals surface area contributed by atoms with E-state index in [2.05, 4.69) is 27.6 Å². The minimum atomic E-state index is -0.126. The van der Waals surface area contributed by atoms with Gasteiger partial charge in [0, 0.05) is 10.5 Å². The molecule has 1 N–H and O–H groups in total. The van der Waals surface area contributed by atoms with Crippen molar-refractivity contribution >= 4 is 55.6 Å². The van der Waals surface area contributed by atoms with Crippen molar-refractivity contribution in [1.29, 1.82) is 0 Å². The van der Waals surface area contributed by atoms with Gasteiger partial charge in [0.1, 0.15) is 0 Å². The second-order valence-corrected chi connectivity index (χ2v) is 8.91. The van der Waals surface area contributed by atoms with E-state index in [0.29, 0.717) is 5.13 Å². The molecule has 0 aliphatic carbocycles. The first-order valence-corrected chi connectivity index (χ1v) is 10.6. The summed E-state index contributed by atoms with van der Waals surface area (Å²) in [6, 6.07) is 18.3. The van der Waals surface area contributed by atoms with E-state index < -0.39 is 0 Å². The van der Waals surface area contributed by atoms with Crippen LogP contribution >= 0.6 is 34.4 Å². The highest BCUT2D eigenvalue weighted by atomic mass is 32.2. The molecule has 0 atom stereocenters. The van der Waals surface area contributed by atoms with Gasteiger partial charge in [-0.3, -0.25) is 10.1 Å². The van der Waals surface area contributed by atoms with Crippen molar-refractivity contribution in [3.05, 3.63) is 70.6 Å². The Morgan fingerprint density at radius 3 is 2.62 bits per heavy atom. The number of hydrogen-bond donors (Lipinski definition) is 1. The number of nitrogens with zero attached hydrogens (tertiary/aromatic N) is 2. The van der Waals surface area contributed by atoms with Crippen LogP contribution in [0.5, 0.6) is 0 Å². The molecular weight excluding hydrogens is 382 g/mol. The Morgan fingerprint density at radius 1 is 1.04 bits per heavy atom. The van der Waals surface area contributed by atoms with Crippen molar-refractivity contribution in [2.24, 2.45) is 0 Å². The molecular formula is C19H15N3OS3. The molecule has 0 fully saturated rings. The first kappa shape index (κ1) is 17.2. The maximum Gasteiger partial charge on any atom is 0.267 e. The number of thioether (sulfide) groups is 1. The van der Waals surface area contributed by atoms with Crippen LogP contribution in [0.1, 0.15) is 20.8 Å². The van der Waals surface area contributed by atoms with Crippen molar-refractivity contribution in [3.8, 4) is 0 Å². The highest BCUT2D eigenvalue weighted by molar-refractivity contribution is 8.00. The van der Waals surface area contributed by atoms with Crippen molar-refractivity contribution in [1.82, 2.24) is 10.2 Å². The number of nitrogens with one attached hydrogen (secondary N) is 1. The molecule has 2 heterocycles. The van der Waals surface area contributed by atoms with Gasteiger partial charge in [-0.05, 0) is 29.5 Å². The number of hydrogen-bond acceptors (Lipinski definition) is 6. The van der Waals surface area contributed by atoms with Crippen molar-refractivity contribution in [3.63, 3.8) is 0 Å². The van der Waals surface area contributed by atoms with Gasteiger partial charge < -0.3 is 0 Å². The summed E-state index contributed by atoms with van der Waals surface area (Å²) in [6.45, 7) is 1.98. The second-order valence-electron chi connectivity index (χ2n) is 5.65. The van der Waals surface area contributed by atoms with Crippen LogP contribution < -0.4 is 5.32 Å². The highest BCUT2D eigenvalue weighted by Gasteiger charge is 2.17. The van der Waals surface area contributed by atoms with Gasteiger partial charge in [-0.2, -0.15) is 0 Å². The second kappa shape index (κ2) is 7.57. The van der Waals surface area contributed by atoms with Crippen LogP contribution in [0.15, 0.2) is 58.9 Å². The zero-order valence-corrected chi connectivity index (χ0v) is 16.4. The van der Waals surface area contributed by atoms with Crippen LogP contribution in [0.4, 0.5) is 5.13 Å². The number of anilines is 1. The molecule has 1 amide bonds. The fraction of sp³-hybridized carbons (Fsp3) is 0.105. The number of amides is 1. The molecule has 0 bridgehead atoms. The lowest BCUT2D eigenvalue weighted by Gasteiger charge is -1.99. The lowest BCUT2D eigenvalue weighted by atomic mass is 10.1. The van der Waals surface area contributed by atoms with Gasteiger partial charge in [-0.15, -0.1) is 21.5 Å².